The molecule has 0 saturated carbocycles. The second-order valence-electron chi connectivity index (χ2n) is 6.38. The Morgan fingerprint density at radius 3 is 2.30 bits per heavy atom. The maximum Gasteiger partial charge on any atom is 0.240 e. The van der Waals surface area contributed by atoms with E-state index < -0.39 is 10.0 Å². The maximum atomic E-state index is 12.5. The number of hydrogen-bond donors (Lipinski definition) is 2. The molecular formula is C19H20N8O2S. The van der Waals surface area contributed by atoms with Crippen LogP contribution in [0.15, 0.2) is 72.1 Å². The Labute approximate surface area is 173 Å². The zero-order chi connectivity index (χ0) is 21.0. The first-order valence-electron chi connectivity index (χ1n) is 9.21. The van der Waals surface area contributed by atoms with Crippen molar-refractivity contribution in [3.8, 4) is 11.5 Å². The largest absolute Gasteiger partial charge is 0.369 e. The van der Waals surface area contributed by atoms with Crippen molar-refractivity contribution in [2.24, 2.45) is 0 Å². The number of hydrogen-bond acceptors (Lipinski definition) is 7. The molecule has 0 bridgehead atoms. The summed E-state index contributed by atoms with van der Waals surface area (Å²) in [5.74, 6) is 1.81. The van der Waals surface area contributed by atoms with Crippen LogP contribution >= 0.6 is 0 Å². The zero-order valence-corrected chi connectivity index (χ0v) is 17.0. The molecule has 0 spiro atoms. The van der Waals surface area contributed by atoms with Gasteiger partial charge in [-0.25, -0.2) is 32.5 Å². The van der Waals surface area contributed by atoms with Gasteiger partial charge in [-0.1, -0.05) is 0 Å². The third kappa shape index (κ3) is 4.53. The number of aryl methyl sites for hydroxylation is 1. The monoisotopic (exact) mass is 424 g/mol. The van der Waals surface area contributed by atoms with Crippen LogP contribution < -0.4 is 10.0 Å². The van der Waals surface area contributed by atoms with Crippen molar-refractivity contribution in [1.29, 1.82) is 0 Å². The highest BCUT2D eigenvalue weighted by molar-refractivity contribution is 7.89. The van der Waals surface area contributed by atoms with E-state index in [1.165, 1.54) is 0 Å². The van der Waals surface area contributed by atoms with E-state index in [0.717, 1.165) is 5.69 Å². The van der Waals surface area contributed by atoms with Crippen LogP contribution in [-0.2, 0) is 10.0 Å². The van der Waals surface area contributed by atoms with Crippen LogP contribution in [0.4, 0.5) is 5.82 Å². The van der Waals surface area contributed by atoms with E-state index in [0.29, 0.717) is 24.0 Å². The summed E-state index contributed by atoms with van der Waals surface area (Å²) in [7, 11) is -3.62. The lowest BCUT2D eigenvalue weighted by molar-refractivity contribution is 0.583. The molecule has 0 saturated heterocycles. The van der Waals surface area contributed by atoms with Gasteiger partial charge in [0, 0.05) is 43.9 Å². The number of aromatic nitrogens is 6. The molecule has 3 aromatic heterocycles. The van der Waals surface area contributed by atoms with Crippen molar-refractivity contribution in [3.63, 3.8) is 0 Å². The molecule has 11 heteroatoms. The Morgan fingerprint density at radius 2 is 1.63 bits per heavy atom. The minimum Gasteiger partial charge on any atom is -0.369 e. The van der Waals surface area contributed by atoms with Crippen LogP contribution in [0, 0.1) is 6.92 Å². The number of nitrogens with zero attached hydrogens (tertiary/aromatic N) is 6. The Kier molecular flexibility index (Phi) is 5.55. The highest BCUT2D eigenvalue weighted by Gasteiger charge is 2.13. The Bertz CT molecular complexity index is 1200. The van der Waals surface area contributed by atoms with Gasteiger partial charge in [0.05, 0.1) is 10.6 Å². The van der Waals surface area contributed by atoms with Gasteiger partial charge in [0.25, 0.3) is 0 Å². The van der Waals surface area contributed by atoms with Gasteiger partial charge < -0.3 is 5.32 Å². The minimum absolute atomic E-state index is 0.192. The van der Waals surface area contributed by atoms with Crippen molar-refractivity contribution >= 4 is 15.8 Å². The predicted octanol–water partition coefficient (Wildman–Crippen LogP) is 1.55. The molecule has 3 heterocycles. The first-order valence-corrected chi connectivity index (χ1v) is 10.7. The fourth-order valence-corrected chi connectivity index (χ4v) is 3.85. The van der Waals surface area contributed by atoms with Gasteiger partial charge in [0.1, 0.15) is 11.6 Å². The predicted molar refractivity (Wildman–Crippen MR) is 111 cm³/mol. The molecule has 4 aromatic rings. The highest BCUT2D eigenvalue weighted by atomic mass is 32.2. The average Bonchev–Trinajstić information content (AvgIpc) is 3.45. The molecule has 0 radical (unpaired) electrons. The van der Waals surface area contributed by atoms with Crippen LogP contribution in [-0.4, -0.2) is 51.0 Å². The average molecular weight is 424 g/mol. The van der Waals surface area contributed by atoms with Crippen LogP contribution in [0.3, 0.4) is 0 Å². The molecule has 10 nitrogen and oxygen atoms in total. The van der Waals surface area contributed by atoms with Gasteiger partial charge in [-0.2, -0.15) is 10.2 Å². The lowest BCUT2D eigenvalue weighted by Crippen LogP contribution is -2.29. The maximum absolute atomic E-state index is 12.5. The lowest BCUT2D eigenvalue weighted by Gasteiger charge is -2.10. The summed E-state index contributed by atoms with van der Waals surface area (Å²) in [6.07, 6.45) is 6.91. The van der Waals surface area contributed by atoms with Crippen LogP contribution in [0.1, 0.15) is 5.82 Å². The third-order valence-electron chi connectivity index (χ3n) is 4.20. The summed E-state index contributed by atoms with van der Waals surface area (Å²) >= 11 is 0. The second-order valence-corrected chi connectivity index (χ2v) is 8.15. The number of anilines is 1. The van der Waals surface area contributed by atoms with E-state index in [4.69, 9.17) is 0 Å². The molecule has 0 fully saturated rings. The molecule has 0 aliphatic heterocycles. The number of nitrogens with one attached hydrogen (secondary N) is 2. The molecule has 0 atom stereocenters. The molecular weight excluding hydrogens is 404 g/mol. The minimum atomic E-state index is -3.62. The molecule has 1 aromatic carbocycles. The van der Waals surface area contributed by atoms with Crippen molar-refractivity contribution in [1.82, 2.24) is 34.3 Å². The summed E-state index contributed by atoms with van der Waals surface area (Å²) in [4.78, 5) is 8.85. The Hall–Kier alpha value is -3.57. The molecule has 0 amide bonds. The lowest BCUT2D eigenvalue weighted by atomic mass is 10.3. The summed E-state index contributed by atoms with van der Waals surface area (Å²) in [5, 5.41) is 11.4. The molecule has 154 valence electrons. The van der Waals surface area contributed by atoms with Gasteiger partial charge in [-0.05, 0) is 43.3 Å². The topological polar surface area (TPSA) is 120 Å². The number of benzene rings is 1. The Morgan fingerprint density at radius 1 is 0.933 bits per heavy atom. The third-order valence-corrected chi connectivity index (χ3v) is 5.68. The number of sulfonamides is 1. The molecule has 0 aliphatic carbocycles. The quantitative estimate of drug-likeness (QED) is 0.412. The van der Waals surface area contributed by atoms with Crippen LogP contribution in [0.5, 0.6) is 0 Å². The normalized spacial score (nSPS) is 11.5. The molecule has 30 heavy (non-hydrogen) atoms. The second kappa shape index (κ2) is 8.43. The highest BCUT2D eigenvalue weighted by Crippen LogP contribution is 2.13. The van der Waals surface area contributed by atoms with E-state index in [9.17, 15) is 8.42 Å². The van der Waals surface area contributed by atoms with Gasteiger partial charge in [0.15, 0.2) is 5.82 Å². The summed E-state index contributed by atoms with van der Waals surface area (Å²) < 4.78 is 30.9. The van der Waals surface area contributed by atoms with Crippen LogP contribution in [0.2, 0.25) is 0 Å². The van der Waals surface area contributed by atoms with E-state index in [1.54, 1.807) is 83.5 Å². The zero-order valence-electron chi connectivity index (χ0n) is 16.2. The fourth-order valence-electron chi connectivity index (χ4n) is 2.82. The summed E-state index contributed by atoms with van der Waals surface area (Å²) in [6, 6.07) is 11.9. The fraction of sp³-hybridized carbons (Fsp3) is 0.158. The SMILES string of the molecule is Cc1nc(NCCNS(=O)(=O)c2ccc(-n3cccn3)cc2)cc(-n2cccn2)n1. The van der Waals surface area contributed by atoms with Crippen LogP contribution in [0.25, 0.3) is 11.5 Å². The van der Waals surface area contributed by atoms with Crippen molar-refractivity contribution in [3.05, 3.63) is 73.1 Å². The first-order chi connectivity index (χ1) is 14.5. The first kappa shape index (κ1) is 19.7. The standard InChI is InChI=1S/C19H20N8O2S/c1-15-24-18(14-19(25-15)27-13-3-9-22-27)20-10-11-23-30(28,29)17-6-4-16(5-7-17)26-12-2-8-21-26/h2-9,12-14,23H,10-11H2,1H3,(H,20,24,25). The Balaban J connectivity index is 1.35. The van der Waals surface area contributed by atoms with E-state index in [2.05, 4.69) is 30.2 Å². The van der Waals surface area contributed by atoms with Gasteiger partial charge >= 0.3 is 0 Å². The molecule has 2 N–H and O–H groups in total. The van der Waals surface area contributed by atoms with E-state index in [-0.39, 0.29) is 11.4 Å². The van der Waals surface area contributed by atoms with Gasteiger partial charge in [-0.15, -0.1) is 0 Å². The van der Waals surface area contributed by atoms with Crippen molar-refractivity contribution < 1.29 is 8.42 Å². The summed E-state index contributed by atoms with van der Waals surface area (Å²) in [6.45, 7) is 2.34. The van der Waals surface area contributed by atoms with Gasteiger partial charge in [0.2, 0.25) is 10.0 Å². The summed E-state index contributed by atoms with van der Waals surface area (Å²) in [5.41, 5.74) is 0.785. The van der Waals surface area contributed by atoms with Crippen molar-refractivity contribution in [2.45, 2.75) is 11.8 Å². The molecule has 0 aliphatic rings. The van der Waals surface area contributed by atoms with Gasteiger partial charge in [-0.3, -0.25) is 0 Å². The van der Waals surface area contributed by atoms with E-state index in [1.807, 2.05) is 0 Å². The van der Waals surface area contributed by atoms with E-state index >= 15 is 0 Å². The smallest absolute Gasteiger partial charge is 0.240 e. The molecule has 4 rings (SSSR count). The van der Waals surface area contributed by atoms with Crippen molar-refractivity contribution in [2.75, 3.05) is 18.4 Å². The molecule has 0 unspecified atom stereocenters. The number of rotatable bonds is 8.